The van der Waals surface area contributed by atoms with Gasteiger partial charge in [-0.05, 0) is 50.6 Å². The van der Waals surface area contributed by atoms with Crippen LogP contribution >= 0.6 is 11.3 Å². The van der Waals surface area contributed by atoms with E-state index in [1.807, 2.05) is 5.38 Å². The number of rotatable bonds is 4. The molecule has 0 bridgehead atoms. The van der Waals surface area contributed by atoms with E-state index >= 15 is 0 Å². The smallest absolute Gasteiger partial charge is 0.240 e. The summed E-state index contributed by atoms with van der Waals surface area (Å²) in [6, 6.07) is 6.31. The molecule has 0 radical (unpaired) electrons. The number of likely N-dealkylation sites (tertiary alicyclic amines) is 1. The summed E-state index contributed by atoms with van der Waals surface area (Å²) in [7, 11) is 0. The maximum atomic E-state index is 12.1. The second-order valence-electron chi connectivity index (χ2n) is 6.58. The number of carbonyl (C=O) groups is 1. The zero-order chi connectivity index (χ0) is 17.2. The first-order chi connectivity index (χ1) is 12.2. The van der Waals surface area contributed by atoms with E-state index in [4.69, 9.17) is 4.98 Å². The molecule has 1 fully saturated rings. The zero-order valence-corrected chi connectivity index (χ0v) is 15.0. The number of hydrogen-bond donors (Lipinski definition) is 2. The number of aromatic amines is 1. The van der Waals surface area contributed by atoms with Gasteiger partial charge in [0.25, 0.3) is 0 Å². The molecule has 4 rings (SSSR count). The molecule has 6 nitrogen and oxygen atoms in total. The molecule has 1 amide bonds. The minimum absolute atomic E-state index is 0.00705. The lowest BCUT2D eigenvalue weighted by molar-refractivity contribution is -0.117. The fourth-order valence-corrected chi connectivity index (χ4v) is 3.89. The lowest BCUT2D eigenvalue weighted by Gasteiger charge is -2.30. The Balaban J connectivity index is 1.33. The Labute approximate surface area is 150 Å². The van der Waals surface area contributed by atoms with Crippen LogP contribution in [0.5, 0.6) is 0 Å². The van der Waals surface area contributed by atoms with Crippen LogP contribution in [0.3, 0.4) is 0 Å². The number of piperidine rings is 1. The molecule has 25 heavy (non-hydrogen) atoms. The number of fused-ring (bicyclic) bond motifs is 1. The van der Waals surface area contributed by atoms with Gasteiger partial charge in [0, 0.05) is 17.5 Å². The average Bonchev–Trinajstić information content (AvgIpc) is 3.24. The number of anilines is 1. The van der Waals surface area contributed by atoms with Gasteiger partial charge in [-0.2, -0.15) is 0 Å². The van der Waals surface area contributed by atoms with Gasteiger partial charge in [-0.15, -0.1) is 11.3 Å². The molecule has 1 aliphatic heterocycles. The number of nitrogens with zero attached hydrogens (tertiary/aromatic N) is 3. The molecule has 0 spiro atoms. The number of benzene rings is 1. The summed E-state index contributed by atoms with van der Waals surface area (Å²) in [5.41, 5.74) is 3.38. The van der Waals surface area contributed by atoms with Crippen molar-refractivity contribution in [1.29, 1.82) is 0 Å². The van der Waals surface area contributed by atoms with Crippen LogP contribution in [0.4, 0.5) is 5.13 Å². The summed E-state index contributed by atoms with van der Waals surface area (Å²) in [5.74, 6) is 1.52. The fourth-order valence-electron chi connectivity index (χ4n) is 3.35. The highest BCUT2D eigenvalue weighted by atomic mass is 32.1. The summed E-state index contributed by atoms with van der Waals surface area (Å²) >= 11 is 1.44. The molecule has 0 atom stereocenters. The van der Waals surface area contributed by atoms with E-state index in [-0.39, 0.29) is 5.91 Å². The van der Waals surface area contributed by atoms with Crippen molar-refractivity contribution >= 4 is 33.4 Å². The number of nitrogens with one attached hydrogen (secondary N) is 2. The summed E-state index contributed by atoms with van der Waals surface area (Å²) in [4.78, 5) is 26.6. The van der Waals surface area contributed by atoms with Crippen molar-refractivity contribution < 1.29 is 4.79 Å². The van der Waals surface area contributed by atoms with Crippen molar-refractivity contribution in [2.24, 2.45) is 0 Å². The number of aromatic nitrogens is 3. The second-order valence-corrected chi connectivity index (χ2v) is 7.47. The Morgan fingerprint density at radius 2 is 2.24 bits per heavy atom. The Morgan fingerprint density at radius 1 is 1.40 bits per heavy atom. The number of H-pyrrole nitrogens is 1. The van der Waals surface area contributed by atoms with Crippen molar-refractivity contribution in [3.63, 3.8) is 0 Å². The highest BCUT2D eigenvalue weighted by Gasteiger charge is 2.24. The monoisotopic (exact) mass is 355 g/mol. The topological polar surface area (TPSA) is 73.9 Å². The van der Waals surface area contributed by atoms with Gasteiger partial charge in [0.15, 0.2) is 5.13 Å². The van der Waals surface area contributed by atoms with Crippen LogP contribution in [0.1, 0.15) is 30.1 Å². The van der Waals surface area contributed by atoms with E-state index < -0.39 is 0 Å². The van der Waals surface area contributed by atoms with Crippen LogP contribution < -0.4 is 5.32 Å². The molecule has 3 heterocycles. The van der Waals surface area contributed by atoms with Crippen molar-refractivity contribution in [2.45, 2.75) is 25.7 Å². The van der Waals surface area contributed by atoms with Crippen molar-refractivity contribution in [2.75, 3.05) is 25.0 Å². The van der Waals surface area contributed by atoms with Crippen LogP contribution in [-0.4, -0.2) is 45.4 Å². The molecule has 2 aromatic heterocycles. The quantitative estimate of drug-likeness (QED) is 0.754. The van der Waals surface area contributed by atoms with Crippen LogP contribution in [0.2, 0.25) is 0 Å². The van der Waals surface area contributed by atoms with Crippen LogP contribution in [0, 0.1) is 6.92 Å². The number of imidazole rings is 1. The lowest BCUT2D eigenvalue weighted by atomic mass is 9.96. The Morgan fingerprint density at radius 3 is 3.00 bits per heavy atom. The Kier molecular flexibility index (Phi) is 4.50. The number of aryl methyl sites for hydroxylation is 1. The van der Waals surface area contributed by atoms with Gasteiger partial charge >= 0.3 is 0 Å². The second kappa shape index (κ2) is 6.93. The van der Waals surface area contributed by atoms with Gasteiger partial charge in [0.2, 0.25) is 5.91 Å². The van der Waals surface area contributed by atoms with E-state index in [2.05, 4.69) is 45.3 Å². The summed E-state index contributed by atoms with van der Waals surface area (Å²) in [6.07, 6.45) is 3.73. The van der Waals surface area contributed by atoms with Gasteiger partial charge in [-0.3, -0.25) is 9.69 Å². The SMILES string of the molecule is Cc1ccc2nc(C3CCN(CC(=O)Nc4nccs4)CC3)[nH]c2c1. The van der Waals surface area contributed by atoms with Crippen molar-refractivity contribution in [1.82, 2.24) is 19.9 Å². The van der Waals surface area contributed by atoms with Crippen molar-refractivity contribution in [3.8, 4) is 0 Å². The largest absolute Gasteiger partial charge is 0.342 e. The third-order valence-electron chi connectivity index (χ3n) is 4.68. The fraction of sp³-hybridized carbons (Fsp3) is 0.389. The maximum Gasteiger partial charge on any atom is 0.240 e. The normalized spacial score (nSPS) is 16.4. The minimum Gasteiger partial charge on any atom is -0.342 e. The van der Waals surface area contributed by atoms with E-state index in [0.717, 1.165) is 42.8 Å². The highest BCUT2D eigenvalue weighted by Crippen LogP contribution is 2.28. The molecule has 0 unspecified atom stereocenters. The predicted molar refractivity (Wildman–Crippen MR) is 100.0 cm³/mol. The maximum absolute atomic E-state index is 12.1. The molecule has 1 aromatic carbocycles. The molecule has 130 valence electrons. The molecule has 1 saturated heterocycles. The van der Waals surface area contributed by atoms with Crippen LogP contribution in [-0.2, 0) is 4.79 Å². The highest BCUT2D eigenvalue weighted by molar-refractivity contribution is 7.13. The number of hydrogen-bond acceptors (Lipinski definition) is 5. The molecule has 2 N–H and O–H groups in total. The molecule has 0 saturated carbocycles. The Hall–Kier alpha value is -2.25. The summed E-state index contributed by atoms with van der Waals surface area (Å²) in [5, 5.41) is 5.36. The number of thiazole rings is 1. The lowest BCUT2D eigenvalue weighted by Crippen LogP contribution is -2.38. The van der Waals surface area contributed by atoms with Gasteiger partial charge in [0.1, 0.15) is 5.82 Å². The zero-order valence-electron chi connectivity index (χ0n) is 14.2. The first-order valence-electron chi connectivity index (χ1n) is 8.55. The standard InChI is InChI=1S/C18H21N5OS/c1-12-2-3-14-15(10-12)21-17(20-14)13-4-7-23(8-5-13)11-16(24)22-18-19-6-9-25-18/h2-3,6,9-10,13H,4-5,7-8,11H2,1H3,(H,20,21)(H,19,22,24). The molecule has 1 aliphatic rings. The first-order valence-corrected chi connectivity index (χ1v) is 9.43. The van der Waals surface area contributed by atoms with Crippen molar-refractivity contribution in [3.05, 3.63) is 41.2 Å². The third kappa shape index (κ3) is 3.72. The van der Waals surface area contributed by atoms with Gasteiger partial charge in [-0.25, -0.2) is 9.97 Å². The summed E-state index contributed by atoms with van der Waals surface area (Å²) < 4.78 is 0. The molecular weight excluding hydrogens is 334 g/mol. The van der Waals surface area contributed by atoms with E-state index in [0.29, 0.717) is 17.6 Å². The molecule has 3 aromatic rings. The molecular formula is C18H21N5OS. The minimum atomic E-state index is 0.00705. The van der Waals surface area contributed by atoms with Crippen LogP contribution in [0.15, 0.2) is 29.8 Å². The number of carbonyl (C=O) groups excluding carboxylic acids is 1. The average molecular weight is 355 g/mol. The van der Waals surface area contributed by atoms with E-state index in [1.54, 1.807) is 6.20 Å². The molecule has 7 heteroatoms. The van der Waals surface area contributed by atoms with E-state index in [1.165, 1.54) is 16.9 Å². The van der Waals surface area contributed by atoms with Gasteiger partial charge in [-0.1, -0.05) is 6.07 Å². The van der Waals surface area contributed by atoms with E-state index in [9.17, 15) is 4.79 Å². The first kappa shape index (κ1) is 16.2. The Bertz CT molecular complexity index is 865. The van der Waals surface area contributed by atoms with Gasteiger partial charge in [0.05, 0.1) is 17.6 Å². The van der Waals surface area contributed by atoms with Crippen LogP contribution in [0.25, 0.3) is 11.0 Å². The number of amides is 1. The molecule has 0 aliphatic carbocycles. The predicted octanol–water partition coefficient (Wildman–Crippen LogP) is 3.15. The summed E-state index contributed by atoms with van der Waals surface area (Å²) in [6.45, 7) is 4.33. The van der Waals surface area contributed by atoms with Gasteiger partial charge < -0.3 is 10.3 Å². The third-order valence-corrected chi connectivity index (χ3v) is 5.36.